The number of nitrogens with one attached hydrogen (secondary N) is 1. The van der Waals surface area contributed by atoms with Crippen molar-refractivity contribution in [2.75, 3.05) is 20.1 Å². The summed E-state index contributed by atoms with van der Waals surface area (Å²) in [5.74, 6) is 0.873. The van der Waals surface area contributed by atoms with Gasteiger partial charge in [0.25, 0.3) is 0 Å². The molecule has 0 amide bonds. The van der Waals surface area contributed by atoms with E-state index >= 15 is 0 Å². The highest BCUT2D eigenvalue weighted by Crippen LogP contribution is 2.31. The van der Waals surface area contributed by atoms with Gasteiger partial charge in [0, 0.05) is 25.2 Å². The largest absolute Gasteiger partial charge is 0.314 e. The second kappa shape index (κ2) is 8.38. The second-order valence-electron chi connectivity index (χ2n) is 7.84. The minimum atomic E-state index is 0.408. The van der Waals surface area contributed by atoms with Gasteiger partial charge in [0.05, 0.1) is 0 Å². The van der Waals surface area contributed by atoms with Crippen LogP contribution in [0.1, 0.15) is 73.1 Å². The van der Waals surface area contributed by atoms with Crippen molar-refractivity contribution in [3.05, 3.63) is 0 Å². The fraction of sp³-hybridized carbons (Fsp3) is 1.00. The fourth-order valence-electron chi connectivity index (χ4n) is 3.95. The zero-order chi connectivity index (χ0) is 15.2. The summed E-state index contributed by atoms with van der Waals surface area (Å²) < 4.78 is 0. The molecule has 0 saturated heterocycles. The van der Waals surface area contributed by atoms with E-state index in [4.69, 9.17) is 0 Å². The molecular weight excluding hydrogens is 244 g/mol. The molecule has 0 aromatic rings. The van der Waals surface area contributed by atoms with Gasteiger partial charge in [0.15, 0.2) is 0 Å². The van der Waals surface area contributed by atoms with Crippen LogP contribution in [0, 0.1) is 11.3 Å². The standard InChI is InChI=1S/C18H38N2/c1-7-12-18(5,13-19-15(2)3)14-20(6)17-11-9-8-10-16(17)4/h15-17,19H,7-14H2,1-6H3. The van der Waals surface area contributed by atoms with Crippen LogP contribution in [0.15, 0.2) is 0 Å². The topological polar surface area (TPSA) is 15.3 Å². The second-order valence-corrected chi connectivity index (χ2v) is 7.84. The molecule has 3 atom stereocenters. The summed E-state index contributed by atoms with van der Waals surface area (Å²) in [6, 6.07) is 1.39. The van der Waals surface area contributed by atoms with E-state index in [9.17, 15) is 0 Å². The molecule has 0 heterocycles. The molecule has 2 heteroatoms. The molecule has 0 aromatic heterocycles. The van der Waals surface area contributed by atoms with E-state index in [-0.39, 0.29) is 0 Å². The van der Waals surface area contributed by atoms with Crippen LogP contribution in [0.4, 0.5) is 0 Å². The third kappa shape index (κ3) is 5.73. The van der Waals surface area contributed by atoms with E-state index in [1.54, 1.807) is 0 Å². The van der Waals surface area contributed by atoms with Gasteiger partial charge < -0.3 is 10.2 Å². The van der Waals surface area contributed by atoms with Crippen LogP contribution in [0.3, 0.4) is 0 Å². The van der Waals surface area contributed by atoms with Crippen molar-refractivity contribution in [1.82, 2.24) is 10.2 Å². The Balaban J connectivity index is 2.58. The van der Waals surface area contributed by atoms with Crippen molar-refractivity contribution in [3.63, 3.8) is 0 Å². The lowest BCUT2D eigenvalue weighted by atomic mass is 9.81. The van der Waals surface area contributed by atoms with Gasteiger partial charge >= 0.3 is 0 Å². The number of nitrogens with zero attached hydrogens (tertiary/aromatic N) is 1. The van der Waals surface area contributed by atoms with E-state index < -0.39 is 0 Å². The lowest BCUT2D eigenvalue weighted by Gasteiger charge is -2.42. The van der Waals surface area contributed by atoms with E-state index in [1.807, 2.05) is 0 Å². The molecule has 1 fully saturated rings. The normalized spacial score (nSPS) is 27.0. The molecule has 20 heavy (non-hydrogen) atoms. The highest BCUT2D eigenvalue weighted by Gasteiger charge is 2.31. The Labute approximate surface area is 127 Å². The van der Waals surface area contributed by atoms with Crippen LogP contribution in [0.5, 0.6) is 0 Å². The molecule has 3 unspecified atom stereocenters. The first-order valence-electron chi connectivity index (χ1n) is 8.81. The van der Waals surface area contributed by atoms with E-state index in [2.05, 4.69) is 51.9 Å². The van der Waals surface area contributed by atoms with Crippen molar-refractivity contribution >= 4 is 0 Å². The highest BCUT2D eigenvalue weighted by molar-refractivity contribution is 4.86. The predicted molar refractivity (Wildman–Crippen MR) is 90.2 cm³/mol. The molecule has 120 valence electrons. The third-order valence-electron chi connectivity index (χ3n) is 5.05. The van der Waals surface area contributed by atoms with Gasteiger partial charge in [0.1, 0.15) is 0 Å². The fourth-order valence-corrected chi connectivity index (χ4v) is 3.95. The number of hydrogen-bond donors (Lipinski definition) is 1. The summed E-state index contributed by atoms with van der Waals surface area (Å²) in [7, 11) is 2.36. The average molecular weight is 283 g/mol. The molecule has 0 bridgehead atoms. The minimum absolute atomic E-state index is 0.408. The van der Waals surface area contributed by atoms with Gasteiger partial charge in [-0.3, -0.25) is 0 Å². The van der Waals surface area contributed by atoms with Gasteiger partial charge in [-0.1, -0.05) is 53.9 Å². The Hall–Kier alpha value is -0.0800. The van der Waals surface area contributed by atoms with Gasteiger partial charge in [-0.05, 0) is 37.6 Å². The first-order chi connectivity index (χ1) is 9.38. The van der Waals surface area contributed by atoms with Crippen molar-refractivity contribution in [2.24, 2.45) is 11.3 Å². The Morgan fingerprint density at radius 1 is 1.25 bits per heavy atom. The van der Waals surface area contributed by atoms with E-state index in [0.29, 0.717) is 11.5 Å². The quantitative estimate of drug-likeness (QED) is 0.714. The van der Waals surface area contributed by atoms with Crippen molar-refractivity contribution < 1.29 is 0 Å². The number of rotatable bonds is 8. The van der Waals surface area contributed by atoms with Crippen LogP contribution in [0.25, 0.3) is 0 Å². The third-order valence-corrected chi connectivity index (χ3v) is 5.05. The van der Waals surface area contributed by atoms with Crippen LogP contribution >= 0.6 is 0 Å². The lowest BCUT2D eigenvalue weighted by molar-refractivity contribution is 0.0840. The summed E-state index contributed by atoms with van der Waals surface area (Å²) in [4.78, 5) is 2.67. The van der Waals surface area contributed by atoms with E-state index in [1.165, 1.54) is 45.1 Å². The Morgan fingerprint density at radius 3 is 2.45 bits per heavy atom. The predicted octanol–water partition coefficient (Wildman–Crippen LogP) is 4.30. The summed E-state index contributed by atoms with van der Waals surface area (Å²) in [5, 5.41) is 3.66. The summed E-state index contributed by atoms with van der Waals surface area (Å²) in [6.45, 7) is 14.1. The molecule has 2 nitrogen and oxygen atoms in total. The van der Waals surface area contributed by atoms with Crippen molar-refractivity contribution in [1.29, 1.82) is 0 Å². The zero-order valence-electron chi connectivity index (χ0n) is 14.8. The van der Waals surface area contributed by atoms with Gasteiger partial charge in [-0.25, -0.2) is 0 Å². The number of hydrogen-bond acceptors (Lipinski definition) is 2. The molecule has 1 aliphatic rings. The molecule has 1 saturated carbocycles. The lowest BCUT2D eigenvalue weighted by Crippen LogP contribution is -2.48. The first-order valence-corrected chi connectivity index (χ1v) is 8.81. The summed E-state index contributed by atoms with van der Waals surface area (Å²) in [5.41, 5.74) is 0.408. The summed E-state index contributed by atoms with van der Waals surface area (Å²) >= 11 is 0. The van der Waals surface area contributed by atoms with Crippen LogP contribution < -0.4 is 5.32 Å². The molecule has 1 N–H and O–H groups in total. The molecular formula is C18H38N2. The maximum Gasteiger partial charge on any atom is 0.0118 e. The van der Waals surface area contributed by atoms with Crippen molar-refractivity contribution in [2.45, 2.75) is 85.2 Å². The van der Waals surface area contributed by atoms with Crippen LogP contribution in [-0.4, -0.2) is 37.1 Å². The molecule has 0 aromatic carbocycles. The molecule has 0 radical (unpaired) electrons. The average Bonchev–Trinajstić information content (AvgIpc) is 2.37. The van der Waals surface area contributed by atoms with Gasteiger partial charge in [-0.2, -0.15) is 0 Å². The molecule has 1 aliphatic carbocycles. The first kappa shape index (κ1) is 18.0. The Morgan fingerprint density at radius 2 is 1.90 bits per heavy atom. The van der Waals surface area contributed by atoms with E-state index in [0.717, 1.165) is 18.5 Å². The summed E-state index contributed by atoms with van der Waals surface area (Å²) in [6.07, 6.45) is 8.28. The minimum Gasteiger partial charge on any atom is -0.314 e. The molecule has 1 rings (SSSR count). The molecule has 0 aliphatic heterocycles. The Kier molecular flexibility index (Phi) is 7.53. The van der Waals surface area contributed by atoms with Gasteiger partial charge in [-0.15, -0.1) is 0 Å². The monoisotopic (exact) mass is 282 g/mol. The smallest absolute Gasteiger partial charge is 0.0118 e. The maximum atomic E-state index is 3.66. The van der Waals surface area contributed by atoms with Gasteiger partial charge in [0.2, 0.25) is 0 Å². The van der Waals surface area contributed by atoms with Crippen LogP contribution in [-0.2, 0) is 0 Å². The zero-order valence-corrected chi connectivity index (χ0v) is 14.8. The maximum absolute atomic E-state index is 3.66. The molecule has 0 spiro atoms. The SMILES string of the molecule is CCCC(C)(CNC(C)C)CN(C)C1CCCCC1C. The highest BCUT2D eigenvalue weighted by atomic mass is 15.1. The Bertz CT molecular complexity index is 264. The van der Waals surface area contributed by atoms with Crippen LogP contribution in [0.2, 0.25) is 0 Å². The van der Waals surface area contributed by atoms with Crippen molar-refractivity contribution in [3.8, 4) is 0 Å².